The zero-order chi connectivity index (χ0) is 14.6. The van der Waals surface area contributed by atoms with Crippen LogP contribution in [0.3, 0.4) is 0 Å². The number of hydrogen-bond acceptors (Lipinski definition) is 3. The van der Waals surface area contributed by atoms with Crippen LogP contribution in [0.1, 0.15) is 54.4 Å². The van der Waals surface area contributed by atoms with Gasteiger partial charge in [0.1, 0.15) is 0 Å². The van der Waals surface area contributed by atoms with Gasteiger partial charge in [0.25, 0.3) is 0 Å². The summed E-state index contributed by atoms with van der Waals surface area (Å²) >= 11 is 0. The summed E-state index contributed by atoms with van der Waals surface area (Å²) in [6.07, 6.45) is 1.82. The fourth-order valence-corrected chi connectivity index (χ4v) is 2.81. The lowest BCUT2D eigenvalue weighted by Crippen LogP contribution is -2.54. The van der Waals surface area contributed by atoms with Crippen molar-refractivity contribution in [2.24, 2.45) is 11.3 Å². The smallest absolute Gasteiger partial charge is 0.0578 e. The van der Waals surface area contributed by atoms with E-state index >= 15 is 0 Å². The number of nitrogens with one attached hydrogen (secondary N) is 1. The highest BCUT2D eigenvalue weighted by Gasteiger charge is 2.32. The van der Waals surface area contributed by atoms with Crippen LogP contribution < -0.4 is 5.32 Å². The van der Waals surface area contributed by atoms with E-state index in [0.29, 0.717) is 23.4 Å². The molecule has 0 aliphatic carbocycles. The lowest BCUT2D eigenvalue weighted by molar-refractivity contribution is 0.0233. The van der Waals surface area contributed by atoms with Crippen molar-refractivity contribution < 1.29 is 5.11 Å². The fraction of sp³-hybridized carbons (Fsp3) is 1.00. The van der Waals surface area contributed by atoms with E-state index < -0.39 is 0 Å². The van der Waals surface area contributed by atoms with Crippen molar-refractivity contribution in [3.8, 4) is 0 Å². The number of aliphatic hydroxyl groups excluding tert-OH is 1. The molecule has 2 N–H and O–H groups in total. The summed E-state index contributed by atoms with van der Waals surface area (Å²) in [5.41, 5.74) is 0.318. The predicted molar refractivity (Wildman–Crippen MR) is 82.4 cm³/mol. The summed E-state index contributed by atoms with van der Waals surface area (Å²) in [7, 11) is 0. The third-order valence-electron chi connectivity index (χ3n) is 4.12. The van der Waals surface area contributed by atoms with Gasteiger partial charge < -0.3 is 10.4 Å². The average molecular weight is 270 g/mol. The maximum absolute atomic E-state index is 10.2. The summed E-state index contributed by atoms with van der Waals surface area (Å²) in [4.78, 5) is 2.51. The fourth-order valence-electron chi connectivity index (χ4n) is 2.81. The van der Waals surface area contributed by atoms with Crippen molar-refractivity contribution in [1.82, 2.24) is 10.2 Å². The van der Waals surface area contributed by atoms with Crippen LogP contribution in [-0.2, 0) is 0 Å². The molecule has 1 aliphatic heterocycles. The van der Waals surface area contributed by atoms with Crippen LogP contribution in [-0.4, -0.2) is 47.8 Å². The molecule has 1 rings (SSSR count). The quantitative estimate of drug-likeness (QED) is 0.806. The third kappa shape index (κ3) is 5.80. The Bertz CT molecular complexity index is 260. The Morgan fingerprint density at radius 1 is 1.26 bits per heavy atom. The maximum atomic E-state index is 10.2. The van der Waals surface area contributed by atoms with Gasteiger partial charge in [-0.05, 0) is 38.0 Å². The zero-order valence-corrected chi connectivity index (χ0v) is 13.7. The second-order valence-corrected chi connectivity index (χ2v) is 7.66. The first-order chi connectivity index (χ1) is 8.73. The molecule has 1 saturated heterocycles. The van der Waals surface area contributed by atoms with E-state index in [0.717, 1.165) is 32.5 Å². The molecule has 3 heteroatoms. The molecule has 114 valence electrons. The van der Waals surface area contributed by atoms with Gasteiger partial charge in [-0.15, -0.1) is 0 Å². The Kier molecular flexibility index (Phi) is 6.28. The molecule has 0 aromatic heterocycles. The largest absolute Gasteiger partial charge is 0.393 e. The van der Waals surface area contributed by atoms with Gasteiger partial charge in [-0.25, -0.2) is 0 Å². The Morgan fingerprint density at radius 3 is 2.37 bits per heavy atom. The van der Waals surface area contributed by atoms with Crippen molar-refractivity contribution in [2.45, 2.75) is 72.6 Å². The maximum Gasteiger partial charge on any atom is 0.0578 e. The van der Waals surface area contributed by atoms with Crippen molar-refractivity contribution in [3.05, 3.63) is 0 Å². The monoisotopic (exact) mass is 270 g/mol. The van der Waals surface area contributed by atoms with Crippen molar-refractivity contribution in [3.63, 3.8) is 0 Å². The normalized spacial score (nSPS) is 27.8. The minimum absolute atomic E-state index is 0.152. The second kappa shape index (κ2) is 7.05. The first-order valence-corrected chi connectivity index (χ1v) is 7.88. The highest BCUT2D eigenvalue weighted by molar-refractivity contribution is 4.88. The summed E-state index contributed by atoms with van der Waals surface area (Å²) in [5.74, 6) is 0.415. The lowest BCUT2D eigenvalue weighted by Gasteiger charge is -2.42. The van der Waals surface area contributed by atoms with Crippen molar-refractivity contribution >= 4 is 0 Å². The van der Waals surface area contributed by atoms with Gasteiger partial charge >= 0.3 is 0 Å². The molecular weight excluding hydrogens is 236 g/mol. The number of nitrogens with zero attached hydrogens (tertiary/aromatic N) is 1. The van der Waals surface area contributed by atoms with Crippen molar-refractivity contribution in [2.75, 3.05) is 19.6 Å². The Hall–Kier alpha value is -0.120. The molecular formula is C16H34N2O. The van der Waals surface area contributed by atoms with E-state index in [1.807, 2.05) is 0 Å². The van der Waals surface area contributed by atoms with E-state index in [4.69, 9.17) is 0 Å². The topological polar surface area (TPSA) is 35.5 Å². The van der Waals surface area contributed by atoms with Gasteiger partial charge in [0, 0.05) is 31.7 Å². The molecule has 19 heavy (non-hydrogen) atoms. The number of likely N-dealkylation sites (tertiary alicyclic amines) is 1. The van der Waals surface area contributed by atoms with Crippen LogP contribution >= 0.6 is 0 Å². The van der Waals surface area contributed by atoms with Crippen molar-refractivity contribution in [1.29, 1.82) is 0 Å². The van der Waals surface area contributed by atoms with E-state index in [2.05, 4.69) is 51.8 Å². The van der Waals surface area contributed by atoms with Crippen LogP contribution in [0.2, 0.25) is 0 Å². The second-order valence-electron chi connectivity index (χ2n) is 7.66. The molecule has 3 nitrogen and oxygen atoms in total. The SMILES string of the molecule is CCC(O)C1CC(NCC(C)(C)C)CN(C(C)C)C1. The average Bonchev–Trinajstić information content (AvgIpc) is 2.34. The first-order valence-electron chi connectivity index (χ1n) is 7.88. The number of piperidine rings is 1. The molecule has 1 heterocycles. The van der Waals surface area contributed by atoms with Crippen LogP contribution in [0, 0.1) is 11.3 Å². The first kappa shape index (κ1) is 16.9. The molecule has 1 aliphatic rings. The molecule has 0 aromatic carbocycles. The van der Waals surface area contributed by atoms with Gasteiger partial charge in [0.2, 0.25) is 0 Å². The minimum atomic E-state index is -0.152. The summed E-state index contributed by atoms with van der Waals surface area (Å²) in [5, 5.41) is 13.9. The van der Waals surface area contributed by atoms with E-state index in [1.54, 1.807) is 0 Å². The zero-order valence-electron chi connectivity index (χ0n) is 13.7. The number of aliphatic hydroxyl groups is 1. The molecule has 0 saturated carbocycles. The van der Waals surface area contributed by atoms with Crippen LogP contribution in [0.5, 0.6) is 0 Å². The molecule has 3 unspecified atom stereocenters. The Labute approximate surface area is 119 Å². The van der Waals surface area contributed by atoms with Gasteiger partial charge in [-0.1, -0.05) is 27.7 Å². The lowest BCUT2D eigenvalue weighted by atomic mass is 9.87. The molecule has 0 amide bonds. The highest BCUT2D eigenvalue weighted by atomic mass is 16.3. The molecule has 3 atom stereocenters. The van der Waals surface area contributed by atoms with E-state index in [-0.39, 0.29) is 6.10 Å². The third-order valence-corrected chi connectivity index (χ3v) is 4.12. The van der Waals surface area contributed by atoms with Crippen LogP contribution in [0.4, 0.5) is 0 Å². The molecule has 0 spiro atoms. The predicted octanol–water partition coefficient (Wildman–Crippen LogP) is 2.49. The molecule has 0 radical (unpaired) electrons. The standard InChI is InChI=1S/C16H34N2O/c1-7-15(19)13-8-14(17-11-16(4,5)6)10-18(9-13)12(2)3/h12-15,17,19H,7-11H2,1-6H3. The molecule has 0 bridgehead atoms. The summed E-state index contributed by atoms with van der Waals surface area (Å²) in [6.45, 7) is 16.6. The highest BCUT2D eigenvalue weighted by Crippen LogP contribution is 2.24. The van der Waals surface area contributed by atoms with Gasteiger partial charge in [-0.3, -0.25) is 4.90 Å². The van der Waals surface area contributed by atoms with Crippen LogP contribution in [0.25, 0.3) is 0 Å². The molecule has 1 fully saturated rings. The van der Waals surface area contributed by atoms with Gasteiger partial charge in [-0.2, -0.15) is 0 Å². The van der Waals surface area contributed by atoms with E-state index in [9.17, 15) is 5.11 Å². The Balaban J connectivity index is 2.60. The number of rotatable bonds is 5. The van der Waals surface area contributed by atoms with E-state index in [1.165, 1.54) is 0 Å². The van der Waals surface area contributed by atoms with Crippen LogP contribution in [0.15, 0.2) is 0 Å². The Morgan fingerprint density at radius 2 is 1.89 bits per heavy atom. The molecule has 0 aromatic rings. The summed E-state index contributed by atoms with van der Waals surface area (Å²) in [6, 6.07) is 1.08. The van der Waals surface area contributed by atoms with Gasteiger partial charge in [0.15, 0.2) is 0 Å². The van der Waals surface area contributed by atoms with Gasteiger partial charge in [0.05, 0.1) is 6.10 Å². The minimum Gasteiger partial charge on any atom is -0.393 e. The number of hydrogen-bond donors (Lipinski definition) is 2. The summed E-state index contributed by atoms with van der Waals surface area (Å²) < 4.78 is 0.